The van der Waals surface area contributed by atoms with Crippen molar-refractivity contribution >= 4 is 11.9 Å². The van der Waals surface area contributed by atoms with Crippen molar-refractivity contribution in [3.8, 4) is 5.75 Å². The minimum Gasteiger partial charge on any atom is -0.410 e. The van der Waals surface area contributed by atoms with Crippen molar-refractivity contribution in [2.45, 2.75) is 26.7 Å². The largest absolute Gasteiger partial charge is 0.415 e. The van der Waals surface area contributed by atoms with Crippen LogP contribution in [0.3, 0.4) is 0 Å². The van der Waals surface area contributed by atoms with Gasteiger partial charge in [0.2, 0.25) is 0 Å². The number of rotatable bonds is 5. The SMILES string of the molecule is Cc1cccc(N2CCN(C(=O)Oc3ccc(CCc4ncccc4C)cc3)CC2)n1. The number of carbonyl (C=O) groups excluding carboxylic acids is 1. The van der Waals surface area contributed by atoms with Gasteiger partial charge in [0.15, 0.2) is 0 Å². The number of benzene rings is 1. The molecule has 6 nitrogen and oxygen atoms in total. The van der Waals surface area contributed by atoms with Gasteiger partial charge < -0.3 is 14.5 Å². The number of ether oxygens (including phenoxy) is 1. The molecular formula is C25H28N4O2. The zero-order valence-electron chi connectivity index (χ0n) is 18.1. The summed E-state index contributed by atoms with van der Waals surface area (Å²) in [6.07, 6.45) is 3.34. The Bertz CT molecular complexity index is 1030. The van der Waals surface area contributed by atoms with E-state index in [0.717, 1.165) is 43.1 Å². The first-order valence-corrected chi connectivity index (χ1v) is 10.7. The molecule has 0 aliphatic carbocycles. The Morgan fingerprint density at radius 1 is 0.935 bits per heavy atom. The second kappa shape index (κ2) is 9.60. The van der Waals surface area contributed by atoms with Crippen molar-refractivity contribution in [3.63, 3.8) is 0 Å². The Balaban J connectivity index is 1.26. The third-order valence-corrected chi connectivity index (χ3v) is 5.63. The van der Waals surface area contributed by atoms with E-state index in [2.05, 4.69) is 27.9 Å². The second-order valence-electron chi connectivity index (χ2n) is 7.89. The summed E-state index contributed by atoms with van der Waals surface area (Å²) in [5.74, 6) is 1.54. The van der Waals surface area contributed by atoms with Gasteiger partial charge in [-0.3, -0.25) is 4.98 Å². The van der Waals surface area contributed by atoms with E-state index in [1.807, 2.05) is 61.7 Å². The van der Waals surface area contributed by atoms with Gasteiger partial charge in [-0.2, -0.15) is 0 Å². The highest BCUT2D eigenvalue weighted by molar-refractivity contribution is 5.71. The molecule has 1 amide bonds. The van der Waals surface area contributed by atoms with E-state index < -0.39 is 0 Å². The Labute approximate surface area is 183 Å². The highest BCUT2D eigenvalue weighted by Crippen LogP contribution is 2.18. The zero-order chi connectivity index (χ0) is 21.6. The predicted molar refractivity (Wildman–Crippen MR) is 122 cm³/mol. The molecule has 1 fully saturated rings. The summed E-state index contributed by atoms with van der Waals surface area (Å²) in [5.41, 5.74) is 4.53. The fraction of sp³-hybridized carbons (Fsp3) is 0.320. The summed E-state index contributed by atoms with van der Waals surface area (Å²) in [5, 5.41) is 0. The molecule has 0 spiro atoms. The second-order valence-corrected chi connectivity index (χ2v) is 7.89. The van der Waals surface area contributed by atoms with Gasteiger partial charge in [0.1, 0.15) is 11.6 Å². The van der Waals surface area contributed by atoms with Crippen LogP contribution in [-0.4, -0.2) is 47.1 Å². The first-order valence-electron chi connectivity index (χ1n) is 10.7. The van der Waals surface area contributed by atoms with Crippen LogP contribution in [-0.2, 0) is 12.8 Å². The fourth-order valence-corrected chi connectivity index (χ4v) is 3.76. The first kappa shape index (κ1) is 20.8. The van der Waals surface area contributed by atoms with Crippen LogP contribution in [0.25, 0.3) is 0 Å². The number of anilines is 1. The first-order chi connectivity index (χ1) is 15.1. The lowest BCUT2D eigenvalue weighted by Crippen LogP contribution is -2.49. The number of hydrogen-bond donors (Lipinski definition) is 0. The van der Waals surface area contributed by atoms with Gasteiger partial charge in [0, 0.05) is 43.8 Å². The van der Waals surface area contributed by atoms with Crippen LogP contribution >= 0.6 is 0 Å². The summed E-state index contributed by atoms with van der Waals surface area (Å²) in [7, 11) is 0. The number of amides is 1. The summed E-state index contributed by atoms with van der Waals surface area (Å²) in [6, 6.07) is 17.8. The molecule has 1 aliphatic heterocycles. The number of carbonyl (C=O) groups is 1. The fourth-order valence-electron chi connectivity index (χ4n) is 3.76. The van der Waals surface area contributed by atoms with Crippen molar-refractivity contribution in [3.05, 3.63) is 83.3 Å². The van der Waals surface area contributed by atoms with Crippen LogP contribution in [0.1, 0.15) is 22.5 Å². The van der Waals surface area contributed by atoms with Gasteiger partial charge in [0.25, 0.3) is 0 Å². The third kappa shape index (κ3) is 5.40. The summed E-state index contributed by atoms with van der Waals surface area (Å²) in [6.45, 7) is 6.81. The van der Waals surface area contributed by atoms with E-state index in [4.69, 9.17) is 4.74 Å². The van der Waals surface area contributed by atoms with Crippen molar-refractivity contribution < 1.29 is 9.53 Å². The maximum Gasteiger partial charge on any atom is 0.415 e. The molecule has 1 aromatic carbocycles. The average Bonchev–Trinajstić information content (AvgIpc) is 2.79. The van der Waals surface area contributed by atoms with Crippen LogP contribution in [0.2, 0.25) is 0 Å². The molecule has 160 valence electrons. The van der Waals surface area contributed by atoms with Gasteiger partial charge in [0.05, 0.1) is 0 Å². The number of nitrogens with zero attached hydrogens (tertiary/aromatic N) is 4. The number of piperazine rings is 1. The lowest BCUT2D eigenvalue weighted by Gasteiger charge is -2.34. The summed E-state index contributed by atoms with van der Waals surface area (Å²) in [4.78, 5) is 25.5. The summed E-state index contributed by atoms with van der Waals surface area (Å²) < 4.78 is 5.59. The summed E-state index contributed by atoms with van der Waals surface area (Å²) >= 11 is 0. The van der Waals surface area contributed by atoms with E-state index in [9.17, 15) is 4.79 Å². The van der Waals surface area contributed by atoms with Crippen LogP contribution in [0.15, 0.2) is 60.8 Å². The van der Waals surface area contributed by atoms with Gasteiger partial charge in [-0.1, -0.05) is 24.3 Å². The number of hydrogen-bond acceptors (Lipinski definition) is 5. The molecule has 0 N–H and O–H groups in total. The van der Waals surface area contributed by atoms with Crippen molar-refractivity contribution in [1.82, 2.24) is 14.9 Å². The Morgan fingerprint density at radius 3 is 2.42 bits per heavy atom. The van der Waals surface area contributed by atoms with Crippen molar-refractivity contribution in [1.29, 1.82) is 0 Å². The topological polar surface area (TPSA) is 58.6 Å². The molecule has 0 atom stereocenters. The lowest BCUT2D eigenvalue weighted by molar-refractivity contribution is 0.149. The quantitative estimate of drug-likeness (QED) is 0.624. The maximum absolute atomic E-state index is 12.6. The third-order valence-electron chi connectivity index (χ3n) is 5.63. The molecule has 31 heavy (non-hydrogen) atoms. The van der Waals surface area contributed by atoms with Gasteiger partial charge >= 0.3 is 6.09 Å². The zero-order valence-corrected chi connectivity index (χ0v) is 18.1. The van der Waals surface area contributed by atoms with E-state index in [-0.39, 0.29) is 6.09 Å². The highest BCUT2D eigenvalue weighted by Gasteiger charge is 2.23. The van der Waals surface area contributed by atoms with Crippen molar-refractivity contribution in [2.24, 2.45) is 0 Å². The normalized spacial score (nSPS) is 13.9. The predicted octanol–water partition coefficient (Wildman–Crippen LogP) is 4.20. The molecule has 3 heterocycles. The smallest absolute Gasteiger partial charge is 0.410 e. The van der Waals surface area contributed by atoms with Crippen LogP contribution < -0.4 is 9.64 Å². The van der Waals surface area contributed by atoms with E-state index in [0.29, 0.717) is 18.8 Å². The Morgan fingerprint density at radius 2 is 1.71 bits per heavy atom. The molecule has 3 aromatic rings. The van der Waals surface area contributed by atoms with Gasteiger partial charge in [-0.25, -0.2) is 9.78 Å². The van der Waals surface area contributed by atoms with E-state index >= 15 is 0 Å². The standard InChI is InChI=1S/C25H28N4O2/c1-19-5-4-14-26-23(19)13-10-21-8-11-22(12-9-21)31-25(30)29-17-15-28(16-18-29)24-7-3-6-20(2)27-24/h3-9,11-12,14H,10,13,15-18H2,1-2H3. The minimum atomic E-state index is -0.297. The van der Waals surface area contributed by atoms with E-state index in [1.54, 1.807) is 4.90 Å². The highest BCUT2D eigenvalue weighted by atomic mass is 16.6. The molecular weight excluding hydrogens is 388 g/mol. The molecule has 1 aliphatic rings. The molecule has 0 unspecified atom stereocenters. The molecule has 0 bridgehead atoms. The van der Waals surface area contributed by atoms with Crippen molar-refractivity contribution in [2.75, 3.05) is 31.1 Å². The van der Waals surface area contributed by atoms with Crippen LogP contribution in [0, 0.1) is 13.8 Å². The van der Waals surface area contributed by atoms with Crippen LogP contribution in [0.5, 0.6) is 5.75 Å². The monoisotopic (exact) mass is 416 g/mol. The lowest BCUT2D eigenvalue weighted by atomic mass is 10.1. The molecule has 6 heteroatoms. The molecule has 0 saturated carbocycles. The van der Waals surface area contributed by atoms with Gasteiger partial charge in [-0.15, -0.1) is 0 Å². The Kier molecular flexibility index (Phi) is 6.46. The molecule has 2 aromatic heterocycles. The van der Waals surface area contributed by atoms with Crippen LogP contribution in [0.4, 0.5) is 10.6 Å². The molecule has 4 rings (SSSR count). The number of pyridine rings is 2. The average molecular weight is 417 g/mol. The molecule has 1 saturated heterocycles. The number of aromatic nitrogens is 2. The maximum atomic E-state index is 12.6. The number of aryl methyl sites for hydroxylation is 4. The Hall–Kier alpha value is -3.41. The van der Waals surface area contributed by atoms with Gasteiger partial charge in [-0.05, 0) is 68.1 Å². The van der Waals surface area contributed by atoms with E-state index in [1.165, 1.54) is 11.1 Å². The molecule has 0 radical (unpaired) electrons. The minimum absolute atomic E-state index is 0.297.